The number of rotatable bonds is 4. The summed E-state index contributed by atoms with van der Waals surface area (Å²) in [4.78, 5) is 12.8. The van der Waals surface area contributed by atoms with E-state index < -0.39 is 5.41 Å². The van der Waals surface area contributed by atoms with Gasteiger partial charge in [0.15, 0.2) is 5.78 Å². The molecule has 0 saturated heterocycles. The van der Waals surface area contributed by atoms with Gasteiger partial charge in [-0.2, -0.15) is 0 Å². The predicted molar refractivity (Wildman–Crippen MR) is 102 cm³/mol. The molecule has 0 unspecified atom stereocenters. The number of hydrogen-bond acceptors (Lipinski definition) is 1. The summed E-state index contributed by atoms with van der Waals surface area (Å²) in [7, 11) is 0. The Labute approximate surface area is 144 Å². The van der Waals surface area contributed by atoms with Gasteiger partial charge in [0, 0.05) is 0 Å². The Balaban J connectivity index is 1.86. The van der Waals surface area contributed by atoms with Crippen molar-refractivity contribution in [3.63, 3.8) is 0 Å². The van der Waals surface area contributed by atoms with Crippen LogP contribution in [0.5, 0.6) is 0 Å². The largest absolute Gasteiger partial charge is 0.294 e. The highest BCUT2D eigenvalue weighted by atomic mass is 16.1. The number of Topliss-reactive ketones (excluding diaryl/α,β-unsaturated/α-hetero) is 1. The molecule has 1 atom stereocenters. The summed E-state index contributed by atoms with van der Waals surface area (Å²) in [5, 5.41) is 0. The van der Waals surface area contributed by atoms with Crippen molar-refractivity contribution in [2.24, 2.45) is 0 Å². The molecule has 0 bridgehead atoms. The third kappa shape index (κ3) is 2.99. The van der Waals surface area contributed by atoms with Crippen LogP contribution in [0.25, 0.3) is 12.2 Å². The fraction of sp³-hybridized carbons (Fsp3) is 0.261. The molecule has 0 N–H and O–H groups in total. The zero-order chi connectivity index (χ0) is 17.2. The number of fused-ring (bicyclic) bond motifs is 1. The van der Waals surface area contributed by atoms with E-state index >= 15 is 0 Å². The third-order valence-electron chi connectivity index (χ3n) is 5.01. The number of allylic oxidation sites excluding steroid dienone is 2. The Morgan fingerprint density at radius 1 is 1.04 bits per heavy atom. The summed E-state index contributed by atoms with van der Waals surface area (Å²) in [6.45, 7) is 6.15. The number of benzene rings is 2. The van der Waals surface area contributed by atoms with E-state index in [0.717, 1.165) is 23.1 Å². The molecule has 0 saturated carbocycles. The van der Waals surface area contributed by atoms with Gasteiger partial charge in [0.05, 0.1) is 5.41 Å². The zero-order valence-electron chi connectivity index (χ0n) is 14.7. The molecule has 1 aliphatic carbocycles. The topological polar surface area (TPSA) is 17.1 Å². The monoisotopic (exact) mass is 316 g/mol. The molecule has 0 spiro atoms. The number of hydrogen-bond donors (Lipinski definition) is 0. The van der Waals surface area contributed by atoms with Crippen LogP contribution in [0, 0.1) is 0 Å². The lowest BCUT2D eigenvalue weighted by molar-refractivity contribution is -0.120. The third-order valence-corrected chi connectivity index (χ3v) is 5.01. The van der Waals surface area contributed by atoms with E-state index in [1.807, 2.05) is 25.1 Å². The molecule has 1 heteroatoms. The van der Waals surface area contributed by atoms with Crippen LogP contribution in [0.1, 0.15) is 49.4 Å². The minimum absolute atomic E-state index is 0.229. The first-order valence-electron chi connectivity index (χ1n) is 8.62. The number of carbonyl (C=O) groups is 1. The molecule has 0 amide bonds. The first-order chi connectivity index (χ1) is 11.5. The Morgan fingerprint density at radius 3 is 2.46 bits per heavy atom. The van der Waals surface area contributed by atoms with Crippen molar-refractivity contribution in [1.29, 1.82) is 0 Å². The predicted octanol–water partition coefficient (Wildman–Crippen LogP) is 5.60. The summed E-state index contributed by atoms with van der Waals surface area (Å²) in [5.74, 6) is 0.229. The number of carbonyl (C=O) groups excluding carboxylic acids is 1. The average molecular weight is 316 g/mol. The van der Waals surface area contributed by atoms with Crippen LogP contribution in [-0.4, -0.2) is 5.78 Å². The van der Waals surface area contributed by atoms with Crippen LogP contribution in [-0.2, 0) is 16.6 Å². The lowest BCUT2D eigenvalue weighted by atomic mass is 9.69. The van der Waals surface area contributed by atoms with E-state index in [2.05, 4.69) is 62.4 Å². The Hall–Kier alpha value is -2.41. The zero-order valence-corrected chi connectivity index (χ0v) is 14.7. The normalized spacial score (nSPS) is 20.1. The quantitative estimate of drug-likeness (QED) is 0.718. The SMILES string of the molecule is CCc1ccc(/C=C/C[C@@]2(C)C(=O)C(C)=Cc3ccccc32)cc1. The van der Waals surface area contributed by atoms with Gasteiger partial charge in [-0.05, 0) is 60.6 Å². The molecule has 2 aromatic carbocycles. The molecule has 0 heterocycles. The maximum atomic E-state index is 12.8. The van der Waals surface area contributed by atoms with Crippen molar-refractivity contribution < 1.29 is 4.79 Å². The van der Waals surface area contributed by atoms with Crippen molar-refractivity contribution in [1.82, 2.24) is 0 Å². The van der Waals surface area contributed by atoms with E-state index in [0.29, 0.717) is 6.42 Å². The van der Waals surface area contributed by atoms with Crippen LogP contribution in [0.15, 0.2) is 60.2 Å². The minimum atomic E-state index is -0.477. The van der Waals surface area contributed by atoms with Crippen molar-refractivity contribution in [2.75, 3.05) is 0 Å². The maximum Gasteiger partial charge on any atom is 0.169 e. The van der Waals surface area contributed by atoms with Crippen molar-refractivity contribution in [3.05, 3.63) is 82.4 Å². The van der Waals surface area contributed by atoms with Gasteiger partial charge in [-0.15, -0.1) is 0 Å². The minimum Gasteiger partial charge on any atom is -0.294 e. The molecule has 1 nitrogen and oxygen atoms in total. The summed E-state index contributed by atoms with van der Waals surface area (Å²) >= 11 is 0. The second kappa shape index (κ2) is 6.60. The lowest BCUT2D eigenvalue weighted by Crippen LogP contribution is -2.35. The van der Waals surface area contributed by atoms with E-state index in [1.165, 1.54) is 11.1 Å². The Bertz CT molecular complexity index is 808. The standard InChI is InChI=1S/C23H24O/c1-4-18-11-13-19(14-12-18)8-7-15-23(3)21-10-6-5-9-20(21)16-17(2)22(23)24/h5-14,16H,4,15H2,1-3H3/b8-7+/t23-/m1/s1. The summed E-state index contributed by atoms with van der Waals surface area (Å²) < 4.78 is 0. The second-order valence-corrected chi connectivity index (χ2v) is 6.78. The van der Waals surface area contributed by atoms with Gasteiger partial charge < -0.3 is 0 Å². The van der Waals surface area contributed by atoms with Crippen LogP contribution >= 0.6 is 0 Å². The van der Waals surface area contributed by atoms with Crippen molar-refractivity contribution in [2.45, 2.75) is 39.0 Å². The first-order valence-corrected chi connectivity index (χ1v) is 8.62. The van der Waals surface area contributed by atoms with Crippen LogP contribution in [0.2, 0.25) is 0 Å². The smallest absolute Gasteiger partial charge is 0.169 e. The van der Waals surface area contributed by atoms with E-state index in [-0.39, 0.29) is 5.78 Å². The molecule has 122 valence electrons. The van der Waals surface area contributed by atoms with E-state index in [9.17, 15) is 4.79 Å². The van der Waals surface area contributed by atoms with Gasteiger partial charge in [0.25, 0.3) is 0 Å². The molecular formula is C23H24O. The van der Waals surface area contributed by atoms with Gasteiger partial charge in [-0.1, -0.05) is 67.6 Å². The van der Waals surface area contributed by atoms with Crippen molar-refractivity contribution >= 4 is 17.9 Å². The molecule has 0 aromatic heterocycles. The highest BCUT2D eigenvalue weighted by Crippen LogP contribution is 2.38. The molecule has 24 heavy (non-hydrogen) atoms. The maximum absolute atomic E-state index is 12.8. The van der Waals surface area contributed by atoms with Gasteiger partial charge in [-0.3, -0.25) is 4.79 Å². The molecule has 0 fully saturated rings. The number of ketones is 1. The molecule has 0 aliphatic heterocycles. The highest BCUT2D eigenvalue weighted by molar-refractivity contribution is 6.09. The number of aryl methyl sites for hydroxylation is 1. The second-order valence-electron chi connectivity index (χ2n) is 6.78. The average Bonchev–Trinajstić information content (AvgIpc) is 2.61. The van der Waals surface area contributed by atoms with Gasteiger partial charge in [-0.25, -0.2) is 0 Å². The van der Waals surface area contributed by atoms with Gasteiger partial charge >= 0.3 is 0 Å². The molecule has 1 aliphatic rings. The van der Waals surface area contributed by atoms with E-state index in [1.54, 1.807) is 0 Å². The van der Waals surface area contributed by atoms with Crippen LogP contribution in [0.3, 0.4) is 0 Å². The Kier molecular flexibility index (Phi) is 4.53. The van der Waals surface area contributed by atoms with Gasteiger partial charge in [0.1, 0.15) is 0 Å². The van der Waals surface area contributed by atoms with Crippen LogP contribution in [0.4, 0.5) is 0 Å². The van der Waals surface area contributed by atoms with Crippen LogP contribution < -0.4 is 0 Å². The summed E-state index contributed by atoms with van der Waals surface area (Å²) in [6, 6.07) is 16.8. The van der Waals surface area contributed by atoms with E-state index in [4.69, 9.17) is 0 Å². The fourth-order valence-corrected chi connectivity index (χ4v) is 3.48. The summed E-state index contributed by atoms with van der Waals surface area (Å²) in [5.41, 5.74) is 5.19. The lowest BCUT2D eigenvalue weighted by Gasteiger charge is -2.33. The van der Waals surface area contributed by atoms with Gasteiger partial charge in [0.2, 0.25) is 0 Å². The van der Waals surface area contributed by atoms with Crippen molar-refractivity contribution in [3.8, 4) is 0 Å². The first kappa shape index (κ1) is 16.4. The molecular weight excluding hydrogens is 292 g/mol. The fourth-order valence-electron chi connectivity index (χ4n) is 3.48. The highest BCUT2D eigenvalue weighted by Gasteiger charge is 2.38. The molecule has 3 rings (SSSR count). The molecule has 2 aromatic rings. The summed E-state index contributed by atoms with van der Waals surface area (Å²) in [6.07, 6.45) is 8.03. The molecule has 0 radical (unpaired) electrons. The Morgan fingerprint density at radius 2 is 1.75 bits per heavy atom.